The number of furan rings is 1. The van der Waals surface area contributed by atoms with Crippen LogP contribution < -0.4 is 4.90 Å². The third-order valence-corrected chi connectivity index (χ3v) is 5.15. The molecule has 6 nitrogen and oxygen atoms in total. The number of aliphatic hydroxyl groups excluding tert-OH is 1. The maximum absolute atomic E-state index is 11.0. The summed E-state index contributed by atoms with van der Waals surface area (Å²) in [6.07, 6.45) is 0.727. The molecule has 3 aromatic carbocycles. The SMILES string of the molecule is CC(=O)O/N=C(\C)c1ccc(N(c2ccccc2)c2ccc(C(O)c3ccco3)cc2)cc1. The van der Waals surface area contributed by atoms with Crippen LogP contribution in [0.15, 0.2) is 107 Å². The Bertz CT molecular complexity index is 1220. The van der Waals surface area contributed by atoms with Gasteiger partial charge in [0.05, 0.1) is 12.0 Å². The van der Waals surface area contributed by atoms with Gasteiger partial charge >= 0.3 is 5.97 Å². The molecule has 166 valence electrons. The summed E-state index contributed by atoms with van der Waals surface area (Å²) in [7, 11) is 0. The molecule has 1 N–H and O–H groups in total. The van der Waals surface area contributed by atoms with Gasteiger partial charge in [0, 0.05) is 24.0 Å². The van der Waals surface area contributed by atoms with Crippen LogP contribution in [0.1, 0.15) is 36.8 Å². The van der Waals surface area contributed by atoms with E-state index in [4.69, 9.17) is 9.25 Å². The van der Waals surface area contributed by atoms with Crippen molar-refractivity contribution in [1.82, 2.24) is 0 Å². The second-order valence-corrected chi connectivity index (χ2v) is 7.49. The van der Waals surface area contributed by atoms with Gasteiger partial charge in [0.25, 0.3) is 0 Å². The molecule has 0 saturated carbocycles. The maximum atomic E-state index is 11.0. The van der Waals surface area contributed by atoms with Crippen LogP contribution in [0.4, 0.5) is 17.1 Å². The number of para-hydroxylation sites is 1. The van der Waals surface area contributed by atoms with Gasteiger partial charge in [-0.1, -0.05) is 47.6 Å². The van der Waals surface area contributed by atoms with Crippen LogP contribution >= 0.6 is 0 Å². The van der Waals surface area contributed by atoms with Crippen molar-refractivity contribution in [2.24, 2.45) is 5.16 Å². The normalized spacial score (nSPS) is 12.3. The second kappa shape index (κ2) is 9.97. The fourth-order valence-corrected chi connectivity index (χ4v) is 3.48. The van der Waals surface area contributed by atoms with Crippen LogP contribution in [-0.2, 0) is 9.63 Å². The quantitative estimate of drug-likeness (QED) is 0.213. The predicted molar refractivity (Wildman–Crippen MR) is 128 cm³/mol. The molecule has 0 aliphatic heterocycles. The number of anilines is 3. The van der Waals surface area contributed by atoms with Gasteiger partial charge in [-0.2, -0.15) is 0 Å². The van der Waals surface area contributed by atoms with E-state index in [9.17, 15) is 9.90 Å². The van der Waals surface area contributed by atoms with Gasteiger partial charge in [-0.3, -0.25) is 0 Å². The monoisotopic (exact) mass is 440 g/mol. The highest BCUT2D eigenvalue weighted by atomic mass is 16.7. The molecule has 0 fully saturated rings. The number of aliphatic hydroxyl groups is 1. The Morgan fingerprint density at radius 3 is 2.03 bits per heavy atom. The highest BCUT2D eigenvalue weighted by molar-refractivity contribution is 5.99. The lowest BCUT2D eigenvalue weighted by atomic mass is 10.1. The highest BCUT2D eigenvalue weighted by Crippen LogP contribution is 2.35. The van der Waals surface area contributed by atoms with Crippen molar-refractivity contribution >= 4 is 28.7 Å². The standard InChI is InChI=1S/C27H24N2O4/c1-19(28-33-20(2)30)21-10-14-24(15-11-21)29(23-7-4-3-5-8-23)25-16-12-22(13-17-25)27(31)26-9-6-18-32-26/h3-18,27,31H,1-2H3/b28-19+. The third-order valence-electron chi connectivity index (χ3n) is 5.15. The van der Waals surface area contributed by atoms with Gasteiger partial charge in [0.15, 0.2) is 0 Å². The summed E-state index contributed by atoms with van der Waals surface area (Å²) in [6.45, 7) is 3.10. The smallest absolute Gasteiger partial charge is 0.331 e. The summed E-state index contributed by atoms with van der Waals surface area (Å²) in [5.74, 6) is 0.0471. The lowest BCUT2D eigenvalue weighted by Crippen LogP contribution is -2.10. The van der Waals surface area contributed by atoms with E-state index in [0.29, 0.717) is 11.5 Å². The Kier molecular flexibility index (Phi) is 6.66. The minimum absolute atomic E-state index is 0.457. The molecule has 0 radical (unpaired) electrons. The lowest BCUT2D eigenvalue weighted by Gasteiger charge is -2.26. The average molecular weight is 440 g/mol. The van der Waals surface area contributed by atoms with Crippen molar-refractivity contribution < 1.29 is 19.2 Å². The van der Waals surface area contributed by atoms with E-state index in [1.54, 1.807) is 25.3 Å². The number of carbonyl (C=O) groups is 1. The van der Waals surface area contributed by atoms with Crippen LogP contribution in [0, 0.1) is 0 Å². The van der Waals surface area contributed by atoms with E-state index in [-0.39, 0.29) is 0 Å². The van der Waals surface area contributed by atoms with Crippen LogP contribution in [-0.4, -0.2) is 16.8 Å². The summed E-state index contributed by atoms with van der Waals surface area (Å²) in [4.78, 5) is 17.9. The Balaban J connectivity index is 1.65. The maximum Gasteiger partial charge on any atom is 0.331 e. The Morgan fingerprint density at radius 2 is 1.45 bits per heavy atom. The van der Waals surface area contributed by atoms with Gasteiger partial charge in [0.1, 0.15) is 11.9 Å². The average Bonchev–Trinajstić information content (AvgIpc) is 3.39. The Hall–Kier alpha value is -4.16. The number of hydrogen-bond acceptors (Lipinski definition) is 6. The number of carbonyl (C=O) groups excluding carboxylic acids is 1. The van der Waals surface area contributed by atoms with E-state index < -0.39 is 12.1 Å². The van der Waals surface area contributed by atoms with Gasteiger partial charge < -0.3 is 19.3 Å². The van der Waals surface area contributed by atoms with E-state index in [0.717, 1.165) is 28.2 Å². The summed E-state index contributed by atoms with van der Waals surface area (Å²) in [5.41, 5.74) is 5.09. The van der Waals surface area contributed by atoms with Crippen molar-refractivity contribution in [1.29, 1.82) is 0 Å². The molecule has 0 amide bonds. The first kappa shape index (κ1) is 22.0. The second-order valence-electron chi connectivity index (χ2n) is 7.49. The zero-order valence-electron chi connectivity index (χ0n) is 18.4. The van der Waals surface area contributed by atoms with Gasteiger partial charge in [-0.25, -0.2) is 4.79 Å². The van der Waals surface area contributed by atoms with E-state index in [1.165, 1.54) is 6.92 Å². The zero-order chi connectivity index (χ0) is 23.2. The van der Waals surface area contributed by atoms with Crippen molar-refractivity contribution in [3.8, 4) is 0 Å². The first-order valence-electron chi connectivity index (χ1n) is 10.5. The minimum atomic E-state index is -0.821. The van der Waals surface area contributed by atoms with Crippen LogP contribution in [0.3, 0.4) is 0 Å². The summed E-state index contributed by atoms with van der Waals surface area (Å²) in [6, 6.07) is 29.1. The molecule has 0 bridgehead atoms. The minimum Gasteiger partial charge on any atom is -0.466 e. The number of benzene rings is 3. The molecule has 1 atom stereocenters. The topological polar surface area (TPSA) is 75.3 Å². The Labute approximate surface area is 192 Å². The molecule has 0 spiro atoms. The Morgan fingerprint density at radius 1 is 0.848 bits per heavy atom. The fraction of sp³-hybridized carbons (Fsp3) is 0.111. The highest BCUT2D eigenvalue weighted by Gasteiger charge is 2.16. The van der Waals surface area contributed by atoms with Crippen molar-refractivity contribution in [2.75, 3.05) is 4.90 Å². The molecule has 1 heterocycles. The first-order valence-corrected chi connectivity index (χ1v) is 10.5. The summed E-state index contributed by atoms with van der Waals surface area (Å²) in [5, 5.41) is 14.4. The number of hydrogen-bond donors (Lipinski definition) is 1. The van der Waals surface area contributed by atoms with E-state index >= 15 is 0 Å². The third kappa shape index (κ3) is 5.19. The summed E-state index contributed by atoms with van der Waals surface area (Å²) < 4.78 is 5.33. The van der Waals surface area contributed by atoms with Crippen molar-refractivity contribution in [3.05, 3.63) is 114 Å². The lowest BCUT2D eigenvalue weighted by molar-refractivity contribution is -0.140. The molecule has 33 heavy (non-hydrogen) atoms. The number of oxime groups is 1. The molecule has 4 aromatic rings. The van der Waals surface area contributed by atoms with Crippen LogP contribution in [0.25, 0.3) is 0 Å². The molecule has 4 rings (SSSR count). The molecular weight excluding hydrogens is 416 g/mol. The largest absolute Gasteiger partial charge is 0.466 e. The van der Waals surface area contributed by atoms with Crippen LogP contribution in [0.2, 0.25) is 0 Å². The van der Waals surface area contributed by atoms with Crippen molar-refractivity contribution in [2.45, 2.75) is 20.0 Å². The fourth-order valence-electron chi connectivity index (χ4n) is 3.48. The molecule has 6 heteroatoms. The predicted octanol–water partition coefficient (Wildman–Crippen LogP) is 6.12. The van der Waals surface area contributed by atoms with E-state index in [2.05, 4.69) is 10.1 Å². The van der Waals surface area contributed by atoms with Crippen LogP contribution in [0.5, 0.6) is 0 Å². The molecular formula is C27H24N2O4. The van der Waals surface area contributed by atoms with Crippen molar-refractivity contribution in [3.63, 3.8) is 0 Å². The molecule has 0 aliphatic rings. The molecule has 0 aliphatic carbocycles. The molecule has 1 unspecified atom stereocenters. The van der Waals surface area contributed by atoms with E-state index in [1.807, 2.05) is 78.9 Å². The summed E-state index contributed by atoms with van der Waals surface area (Å²) >= 11 is 0. The first-order chi connectivity index (χ1) is 16.0. The number of rotatable bonds is 7. The van der Waals surface area contributed by atoms with Gasteiger partial charge in [-0.05, 0) is 66.6 Å². The molecule has 1 aromatic heterocycles. The van der Waals surface area contributed by atoms with Gasteiger partial charge in [-0.15, -0.1) is 0 Å². The van der Waals surface area contributed by atoms with Gasteiger partial charge in [0.2, 0.25) is 0 Å². The number of nitrogens with zero attached hydrogens (tertiary/aromatic N) is 2. The zero-order valence-corrected chi connectivity index (χ0v) is 18.4. The molecule has 0 saturated heterocycles.